The van der Waals surface area contributed by atoms with E-state index in [4.69, 9.17) is 14.6 Å². The van der Waals surface area contributed by atoms with Crippen molar-refractivity contribution in [2.24, 2.45) is 0 Å². The summed E-state index contributed by atoms with van der Waals surface area (Å²) in [6, 6.07) is 3.65. The molecule has 0 bridgehead atoms. The molecule has 0 fully saturated rings. The Labute approximate surface area is 93.8 Å². The van der Waals surface area contributed by atoms with Gasteiger partial charge in [-0.15, -0.1) is 0 Å². The van der Waals surface area contributed by atoms with Gasteiger partial charge in [-0.25, -0.2) is 4.79 Å². The Morgan fingerprint density at radius 2 is 2.38 bits per heavy atom. The second-order valence-electron chi connectivity index (χ2n) is 3.68. The van der Waals surface area contributed by atoms with E-state index in [1.807, 2.05) is 13.0 Å². The molecule has 0 aromatic heterocycles. The van der Waals surface area contributed by atoms with E-state index < -0.39 is 5.97 Å². The first-order valence-electron chi connectivity index (χ1n) is 5.27. The molecule has 0 radical (unpaired) electrons. The van der Waals surface area contributed by atoms with E-state index in [9.17, 15) is 4.79 Å². The van der Waals surface area contributed by atoms with Crippen molar-refractivity contribution in [1.82, 2.24) is 0 Å². The summed E-state index contributed by atoms with van der Waals surface area (Å²) in [6.45, 7) is 2.38. The van der Waals surface area contributed by atoms with E-state index in [0.29, 0.717) is 12.2 Å². The summed E-state index contributed by atoms with van der Waals surface area (Å²) in [4.78, 5) is 11.6. The summed E-state index contributed by atoms with van der Waals surface area (Å²) in [6.07, 6.45) is 0.891. The Bertz CT molecular complexity index is 412. The summed E-state index contributed by atoms with van der Waals surface area (Å²) in [5.41, 5.74) is 2.46. The average Bonchev–Trinajstić information content (AvgIpc) is 2.75. The zero-order chi connectivity index (χ0) is 11.5. The highest BCUT2D eigenvalue weighted by Crippen LogP contribution is 2.31. The second kappa shape index (κ2) is 4.53. The molecule has 1 aromatic rings. The lowest BCUT2D eigenvalue weighted by Gasteiger charge is -2.09. The summed E-state index contributed by atoms with van der Waals surface area (Å²) in [5, 5.41) is 8.58. The van der Waals surface area contributed by atoms with Crippen LogP contribution in [0, 0.1) is 6.92 Å². The fraction of sp³-hybridized carbons (Fsp3) is 0.417. The van der Waals surface area contributed by atoms with Crippen molar-refractivity contribution in [2.75, 3.05) is 19.8 Å². The van der Waals surface area contributed by atoms with Crippen LogP contribution in [-0.4, -0.2) is 30.9 Å². The molecule has 0 saturated carbocycles. The van der Waals surface area contributed by atoms with Crippen molar-refractivity contribution in [3.63, 3.8) is 0 Å². The Hall–Kier alpha value is -1.55. The van der Waals surface area contributed by atoms with Gasteiger partial charge < -0.3 is 14.6 Å². The van der Waals surface area contributed by atoms with Gasteiger partial charge in [0, 0.05) is 12.0 Å². The van der Waals surface area contributed by atoms with Crippen molar-refractivity contribution >= 4 is 5.97 Å². The topological polar surface area (TPSA) is 55.8 Å². The molecule has 1 aliphatic heterocycles. The predicted octanol–water partition coefficient (Wildman–Crippen LogP) is 1.08. The number of benzene rings is 1. The lowest BCUT2D eigenvalue weighted by Crippen LogP contribution is -2.10. The summed E-state index contributed by atoms with van der Waals surface area (Å²) in [7, 11) is 0. The SMILES string of the molecule is Cc1c(C(=O)OCCO)ccc2c1OCC2. The highest BCUT2D eigenvalue weighted by Gasteiger charge is 2.20. The molecule has 0 spiro atoms. The molecule has 0 amide bonds. The molecule has 1 aliphatic rings. The van der Waals surface area contributed by atoms with Crippen LogP contribution in [0.25, 0.3) is 0 Å². The Morgan fingerprint density at radius 3 is 3.12 bits per heavy atom. The summed E-state index contributed by atoms with van der Waals surface area (Å²) >= 11 is 0. The van der Waals surface area contributed by atoms with Crippen molar-refractivity contribution in [1.29, 1.82) is 0 Å². The van der Waals surface area contributed by atoms with Gasteiger partial charge in [0.1, 0.15) is 12.4 Å². The third kappa shape index (κ3) is 1.88. The maximum atomic E-state index is 11.6. The molecule has 4 heteroatoms. The molecule has 0 unspecified atom stereocenters. The maximum Gasteiger partial charge on any atom is 0.338 e. The average molecular weight is 222 g/mol. The van der Waals surface area contributed by atoms with Gasteiger partial charge in [0.05, 0.1) is 18.8 Å². The van der Waals surface area contributed by atoms with Gasteiger partial charge in [-0.05, 0) is 18.6 Å². The minimum absolute atomic E-state index is 0.0240. The van der Waals surface area contributed by atoms with Crippen LogP contribution in [-0.2, 0) is 11.2 Å². The van der Waals surface area contributed by atoms with Crippen LogP contribution in [0.15, 0.2) is 12.1 Å². The Morgan fingerprint density at radius 1 is 1.56 bits per heavy atom. The zero-order valence-corrected chi connectivity index (χ0v) is 9.16. The van der Waals surface area contributed by atoms with Crippen molar-refractivity contribution in [2.45, 2.75) is 13.3 Å². The third-order valence-electron chi connectivity index (χ3n) is 2.65. The highest BCUT2D eigenvalue weighted by atomic mass is 16.5. The van der Waals surface area contributed by atoms with Gasteiger partial charge in [-0.2, -0.15) is 0 Å². The van der Waals surface area contributed by atoms with Crippen LogP contribution < -0.4 is 4.74 Å². The van der Waals surface area contributed by atoms with Gasteiger partial charge in [-0.1, -0.05) is 6.07 Å². The predicted molar refractivity (Wildman–Crippen MR) is 57.7 cm³/mol. The second-order valence-corrected chi connectivity index (χ2v) is 3.68. The first kappa shape index (κ1) is 11.0. The molecule has 2 rings (SSSR count). The van der Waals surface area contributed by atoms with E-state index >= 15 is 0 Å². The van der Waals surface area contributed by atoms with Crippen LogP contribution in [0.5, 0.6) is 5.75 Å². The number of esters is 1. The fourth-order valence-corrected chi connectivity index (χ4v) is 1.85. The molecule has 4 nitrogen and oxygen atoms in total. The minimum Gasteiger partial charge on any atom is -0.493 e. The van der Waals surface area contributed by atoms with Gasteiger partial charge >= 0.3 is 5.97 Å². The fourth-order valence-electron chi connectivity index (χ4n) is 1.85. The number of ether oxygens (including phenoxy) is 2. The van der Waals surface area contributed by atoms with E-state index in [-0.39, 0.29) is 13.2 Å². The lowest BCUT2D eigenvalue weighted by atomic mass is 10.0. The molecular weight excluding hydrogens is 208 g/mol. The van der Waals surface area contributed by atoms with E-state index in [0.717, 1.165) is 23.3 Å². The molecule has 1 N–H and O–H groups in total. The largest absolute Gasteiger partial charge is 0.493 e. The third-order valence-corrected chi connectivity index (χ3v) is 2.65. The normalized spacial score (nSPS) is 13.1. The van der Waals surface area contributed by atoms with Gasteiger partial charge in [0.25, 0.3) is 0 Å². The number of hydrogen-bond acceptors (Lipinski definition) is 4. The molecule has 0 atom stereocenters. The quantitative estimate of drug-likeness (QED) is 0.777. The number of aliphatic hydroxyl groups excluding tert-OH is 1. The van der Waals surface area contributed by atoms with Gasteiger partial charge in [0.15, 0.2) is 0 Å². The number of rotatable bonds is 3. The molecule has 0 saturated heterocycles. The van der Waals surface area contributed by atoms with Crippen molar-refractivity contribution < 1.29 is 19.4 Å². The first-order chi connectivity index (χ1) is 7.74. The molecule has 1 aromatic carbocycles. The minimum atomic E-state index is -0.412. The Kier molecular flexibility index (Phi) is 3.10. The molecule has 0 aliphatic carbocycles. The molecule has 1 heterocycles. The lowest BCUT2D eigenvalue weighted by molar-refractivity contribution is 0.0432. The van der Waals surface area contributed by atoms with E-state index in [1.165, 1.54) is 0 Å². The summed E-state index contributed by atoms with van der Waals surface area (Å²) in [5.74, 6) is 0.392. The Balaban J connectivity index is 2.25. The zero-order valence-electron chi connectivity index (χ0n) is 9.16. The van der Waals surface area contributed by atoms with Crippen LogP contribution in [0.4, 0.5) is 0 Å². The van der Waals surface area contributed by atoms with Crippen LogP contribution >= 0.6 is 0 Å². The number of fused-ring (bicyclic) bond motifs is 1. The monoisotopic (exact) mass is 222 g/mol. The highest BCUT2D eigenvalue weighted by molar-refractivity contribution is 5.92. The summed E-state index contributed by atoms with van der Waals surface area (Å²) < 4.78 is 10.3. The van der Waals surface area contributed by atoms with Crippen LogP contribution in [0.1, 0.15) is 21.5 Å². The molecular formula is C12H14O4. The van der Waals surface area contributed by atoms with Crippen LogP contribution in [0.3, 0.4) is 0 Å². The van der Waals surface area contributed by atoms with E-state index in [1.54, 1.807) is 6.07 Å². The number of carbonyl (C=O) groups is 1. The molecule has 86 valence electrons. The van der Waals surface area contributed by atoms with Crippen molar-refractivity contribution in [3.05, 3.63) is 28.8 Å². The number of hydrogen-bond donors (Lipinski definition) is 1. The van der Waals surface area contributed by atoms with Gasteiger partial charge in [-0.3, -0.25) is 0 Å². The number of carbonyl (C=O) groups excluding carboxylic acids is 1. The smallest absolute Gasteiger partial charge is 0.338 e. The maximum absolute atomic E-state index is 11.6. The van der Waals surface area contributed by atoms with E-state index in [2.05, 4.69) is 0 Å². The molecule has 16 heavy (non-hydrogen) atoms. The van der Waals surface area contributed by atoms with Gasteiger partial charge in [0.2, 0.25) is 0 Å². The standard InChI is InChI=1S/C12H14O4/c1-8-10(12(14)16-7-5-13)3-2-9-4-6-15-11(8)9/h2-3,13H,4-7H2,1H3. The number of aliphatic hydroxyl groups is 1. The van der Waals surface area contributed by atoms with Crippen LogP contribution in [0.2, 0.25) is 0 Å². The van der Waals surface area contributed by atoms with Crippen molar-refractivity contribution in [3.8, 4) is 5.75 Å². The first-order valence-corrected chi connectivity index (χ1v) is 5.27.